The van der Waals surface area contributed by atoms with Crippen LogP contribution in [0.3, 0.4) is 0 Å². The number of rotatable bonds is 5. The molecule has 0 aliphatic carbocycles. The van der Waals surface area contributed by atoms with Gasteiger partial charge in [-0.1, -0.05) is 0 Å². The molecular formula is C6H15O9P. The van der Waals surface area contributed by atoms with Gasteiger partial charge in [-0.15, -0.1) is 0 Å². The standard InChI is InChI=1S/C3H9O6P.C3H6O3/c4-1-3(5)2-9-10(6,7)8;1-2(4)3(5)6/h3-5H,1-2H2,(H2,6,7,8);3,5-6H,1H3. The third kappa shape index (κ3) is 16.1. The van der Waals surface area contributed by atoms with Crippen LogP contribution in [-0.2, 0) is 13.9 Å². The molecule has 0 amide bonds. The molecule has 98 valence electrons. The van der Waals surface area contributed by atoms with Gasteiger partial charge in [-0.05, 0) is 6.92 Å². The van der Waals surface area contributed by atoms with Gasteiger partial charge in [-0.3, -0.25) is 9.32 Å². The van der Waals surface area contributed by atoms with E-state index in [0.717, 1.165) is 6.92 Å². The minimum absolute atomic E-state index is 0.569. The molecule has 10 heteroatoms. The van der Waals surface area contributed by atoms with Gasteiger partial charge in [0.15, 0.2) is 5.78 Å². The summed E-state index contributed by atoms with van der Waals surface area (Å²) in [5.41, 5.74) is 0. The summed E-state index contributed by atoms with van der Waals surface area (Å²) in [6.07, 6.45) is -3.03. The van der Waals surface area contributed by atoms with E-state index in [0.29, 0.717) is 0 Å². The predicted molar refractivity (Wildman–Crippen MR) is 50.0 cm³/mol. The molecule has 0 aromatic heterocycles. The van der Waals surface area contributed by atoms with Crippen LogP contribution in [0.25, 0.3) is 0 Å². The second-order valence-electron chi connectivity index (χ2n) is 2.61. The summed E-state index contributed by atoms with van der Waals surface area (Å²) in [5.74, 6) is -0.630. The summed E-state index contributed by atoms with van der Waals surface area (Å²) in [4.78, 5) is 25.8. The van der Waals surface area contributed by atoms with Crippen molar-refractivity contribution in [3.8, 4) is 0 Å². The molecule has 0 aliphatic rings. The second kappa shape index (κ2) is 8.74. The first-order valence-corrected chi connectivity index (χ1v) is 5.48. The van der Waals surface area contributed by atoms with Crippen LogP contribution in [0.2, 0.25) is 0 Å². The Morgan fingerprint density at radius 3 is 1.88 bits per heavy atom. The quantitative estimate of drug-likeness (QED) is 0.229. The molecule has 0 aliphatic heterocycles. The molecule has 0 radical (unpaired) electrons. The van der Waals surface area contributed by atoms with E-state index in [-0.39, 0.29) is 0 Å². The maximum absolute atomic E-state index is 9.93. The number of phosphoric acid groups is 1. The van der Waals surface area contributed by atoms with E-state index in [9.17, 15) is 9.36 Å². The third-order valence-electron chi connectivity index (χ3n) is 1.01. The van der Waals surface area contributed by atoms with Crippen molar-refractivity contribution in [2.24, 2.45) is 0 Å². The number of carbonyl (C=O) groups excluding carboxylic acids is 1. The SMILES string of the molecule is CC(=O)C(O)O.O=P(O)(O)OCC(O)CO. The minimum atomic E-state index is -4.50. The molecule has 6 N–H and O–H groups in total. The number of carbonyl (C=O) groups is 1. The number of ketones is 1. The van der Waals surface area contributed by atoms with Crippen molar-refractivity contribution in [1.29, 1.82) is 0 Å². The lowest BCUT2D eigenvalue weighted by Gasteiger charge is -2.07. The van der Waals surface area contributed by atoms with Crippen LogP contribution < -0.4 is 0 Å². The number of hydrogen-bond acceptors (Lipinski definition) is 7. The molecule has 9 nitrogen and oxygen atoms in total. The Balaban J connectivity index is 0. The van der Waals surface area contributed by atoms with E-state index in [1.165, 1.54) is 0 Å². The van der Waals surface area contributed by atoms with Crippen LogP contribution in [-0.4, -0.2) is 61.6 Å². The zero-order valence-corrected chi connectivity index (χ0v) is 9.32. The van der Waals surface area contributed by atoms with E-state index in [2.05, 4.69) is 4.52 Å². The van der Waals surface area contributed by atoms with Gasteiger partial charge in [0.2, 0.25) is 6.29 Å². The van der Waals surface area contributed by atoms with E-state index in [1.54, 1.807) is 0 Å². The van der Waals surface area contributed by atoms with Crippen molar-refractivity contribution >= 4 is 13.6 Å². The molecule has 1 unspecified atom stereocenters. The molecule has 0 fully saturated rings. The van der Waals surface area contributed by atoms with Crippen LogP contribution in [0, 0.1) is 0 Å². The van der Waals surface area contributed by atoms with Gasteiger partial charge in [0.1, 0.15) is 6.10 Å². The maximum Gasteiger partial charge on any atom is 0.469 e. The highest BCUT2D eigenvalue weighted by molar-refractivity contribution is 7.46. The van der Waals surface area contributed by atoms with Gasteiger partial charge in [0.05, 0.1) is 13.2 Å². The lowest BCUT2D eigenvalue weighted by molar-refractivity contribution is -0.142. The van der Waals surface area contributed by atoms with Crippen molar-refractivity contribution in [3.05, 3.63) is 0 Å². The zero-order chi connectivity index (χ0) is 13.4. The van der Waals surface area contributed by atoms with Gasteiger partial charge >= 0.3 is 7.82 Å². The van der Waals surface area contributed by atoms with Crippen molar-refractivity contribution in [1.82, 2.24) is 0 Å². The average molecular weight is 262 g/mol. The Kier molecular flexibility index (Phi) is 9.83. The first-order valence-electron chi connectivity index (χ1n) is 3.95. The number of Topliss-reactive ketones (excluding diaryl/α,β-unsaturated/α-hetero) is 1. The van der Waals surface area contributed by atoms with Crippen molar-refractivity contribution in [3.63, 3.8) is 0 Å². The molecule has 0 heterocycles. The van der Waals surface area contributed by atoms with E-state index >= 15 is 0 Å². The van der Waals surface area contributed by atoms with Gasteiger partial charge in [-0.25, -0.2) is 4.57 Å². The van der Waals surface area contributed by atoms with Crippen LogP contribution in [0.15, 0.2) is 0 Å². The highest BCUT2D eigenvalue weighted by Gasteiger charge is 2.15. The normalized spacial score (nSPS) is 13.0. The zero-order valence-electron chi connectivity index (χ0n) is 8.42. The number of phosphoric ester groups is 1. The van der Waals surface area contributed by atoms with Crippen molar-refractivity contribution < 1.29 is 44.1 Å². The van der Waals surface area contributed by atoms with Crippen LogP contribution >= 0.6 is 7.82 Å². The second-order valence-corrected chi connectivity index (χ2v) is 3.85. The molecule has 0 bridgehead atoms. The van der Waals surface area contributed by atoms with E-state index < -0.39 is 39.2 Å². The lowest BCUT2D eigenvalue weighted by Crippen LogP contribution is -2.18. The van der Waals surface area contributed by atoms with Crippen molar-refractivity contribution in [2.45, 2.75) is 19.3 Å². The lowest BCUT2D eigenvalue weighted by atomic mass is 10.4. The van der Waals surface area contributed by atoms with Gasteiger partial charge < -0.3 is 30.2 Å². The fourth-order valence-corrected chi connectivity index (χ4v) is 0.602. The highest BCUT2D eigenvalue weighted by atomic mass is 31.2. The topological polar surface area (TPSA) is 165 Å². The molecule has 0 rings (SSSR count). The molecule has 0 aromatic rings. The number of aliphatic hydroxyl groups excluding tert-OH is 3. The third-order valence-corrected chi connectivity index (χ3v) is 1.49. The number of hydrogen-bond donors (Lipinski definition) is 6. The first kappa shape index (κ1) is 18.0. The van der Waals surface area contributed by atoms with Crippen LogP contribution in [0.4, 0.5) is 0 Å². The van der Waals surface area contributed by atoms with Crippen LogP contribution in [0.1, 0.15) is 6.92 Å². The fourth-order valence-electron chi connectivity index (χ4n) is 0.236. The molecule has 0 saturated heterocycles. The molecule has 0 aromatic carbocycles. The summed E-state index contributed by atoms with van der Waals surface area (Å²) < 4.78 is 13.8. The molecule has 0 saturated carbocycles. The Labute approximate surface area is 91.2 Å². The first-order chi connectivity index (χ1) is 7.10. The molecular weight excluding hydrogens is 247 g/mol. The fraction of sp³-hybridized carbons (Fsp3) is 0.833. The molecule has 1 atom stereocenters. The average Bonchev–Trinajstić information content (AvgIpc) is 2.13. The smallest absolute Gasteiger partial charge is 0.394 e. The van der Waals surface area contributed by atoms with Crippen molar-refractivity contribution in [2.75, 3.05) is 13.2 Å². The predicted octanol–water partition coefficient (Wildman–Crippen LogP) is -2.66. The Hall–Kier alpha value is -0.380. The Morgan fingerprint density at radius 1 is 1.31 bits per heavy atom. The summed E-state index contributed by atoms with van der Waals surface area (Å²) in [6.45, 7) is -0.0502. The monoisotopic (exact) mass is 262 g/mol. The summed E-state index contributed by atoms with van der Waals surface area (Å²) in [6, 6.07) is 0. The maximum atomic E-state index is 9.93. The van der Waals surface area contributed by atoms with Crippen LogP contribution in [0.5, 0.6) is 0 Å². The van der Waals surface area contributed by atoms with Gasteiger partial charge in [0.25, 0.3) is 0 Å². The summed E-state index contributed by atoms with van der Waals surface area (Å²) in [7, 11) is -4.50. The van der Waals surface area contributed by atoms with E-state index in [4.69, 9.17) is 30.2 Å². The molecule has 0 spiro atoms. The Bertz CT molecular complexity index is 234. The minimum Gasteiger partial charge on any atom is -0.394 e. The number of aliphatic hydroxyl groups is 4. The van der Waals surface area contributed by atoms with Gasteiger partial charge in [0, 0.05) is 0 Å². The largest absolute Gasteiger partial charge is 0.469 e. The summed E-state index contributed by atoms with van der Waals surface area (Å²) >= 11 is 0. The molecule has 16 heavy (non-hydrogen) atoms. The Morgan fingerprint density at radius 2 is 1.69 bits per heavy atom. The summed E-state index contributed by atoms with van der Waals surface area (Å²) in [5, 5.41) is 32.3. The van der Waals surface area contributed by atoms with E-state index in [1.807, 2.05) is 0 Å². The van der Waals surface area contributed by atoms with Gasteiger partial charge in [-0.2, -0.15) is 0 Å². The highest BCUT2D eigenvalue weighted by Crippen LogP contribution is 2.35.